The fraction of sp³-hybridized carbons (Fsp3) is 0. The van der Waals surface area contributed by atoms with Crippen LogP contribution in [-0.4, -0.2) is 0 Å². The van der Waals surface area contributed by atoms with Gasteiger partial charge < -0.3 is 4.42 Å². The number of anilines is 3. The highest BCUT2D eigenvalue weighted by Gasteiger charge is 2.15. The van der Waals surface area contributed by atoms with Crippen LogP contribution in [0.2, 0.25) is 0 Å². The molecule has 0 amide bonds. The Kier molecular flexibility index (Phi) is 3.13. The molecule has 22 heavy (non-hydrogen) atoms. The fourth-order valence-corrected chi connectivity index (χ4v) is 2.64. The summed E-state index contributed by atoms with van der Waals surface area (Å²) < 4.78 is 6.06. The number of fused-ring (bicyclic) bond motifs is 1. The molecule has 1 aromatic heterocycles. The van der Waals surface area contributed by atoms with Crippen LogP contribution < -0.4 is 4.90 Å². The third kappa shape index (κ3) is 2.25. The molecule has 2 nitrogen and oxygen atoms in total. The lowest BCUT2D eigenvalue weighted by Gasteiger charge is -2.22. The van der Waals surface area contributed by atoms with Crippen LogP contribution in [-0.2, 0) is 0 Å². The Morgan fingerprint density at radius 3 is 1.73 bits per heavy atom. The Morgan fingerprint density at radius 2 is 1.14 bits per heavy atom. The lowest BCUT2D eigenvalue weighted by Crippen LogP contribution is -2.08. The first-order valence-corrected chi connectivity index (χ1v) is 7.31. The van der Waals surface area contributed by atoms with E-state index in [4.69, 9.17) is 4.42 Å². The van der Waals surface area contributed by atoms with E-state index in [0.717, 1.165) is 28.2 Å². The summed E-state index contributed by atoms with van der Waals surface area (Å²) in [4.78, 5) is 2.12. The number of hydrogen-bond donors (Lipinski definition) is 0. The van der Waals surface area contributed by atoms with Gasteiger partial charge in [-0.25, -0.2) is 0 Å². The van der Waals surface area contributed by atoms with Crippen molar-refractivity contribution in [1.29, 1.82) is 0 Å². The normalized spacial score (nSPS) is 10.7. The molecule has 0 atom stereocenters. The molecule has 106 valence electrons. The van der Waals surface area contributed by atoms with Crippen molar-refractivity contribution in [1.82, 2.24) is 0 Å². The van der Waals surface area contributed by atoms with E-state index in [1.807, 2.05) is 54.6 Å². The minimum atomic E-state index is 0.818. The molecule has 0 N–H and O–H groups in total. The third-order valence-corrected chi connectivity index (χ3v) is 3.66. The Labute approximate surface area is 129 Å². The van der Waals surface area contributed by atoms with E-state index in [1.165, 1.54) is 0 Å². The summed E-state index contributed by atoms with van der Waals surface area (Å²) in [6, 6.07) is 30.7. The molecule has 2 heteroatoms. The topological polar surface area (TPSA) is 16.4 Å². The number of furan rings is 1. The second kappa shape index (κ2) is 5.41. The van der Waals surface area contributed by atoms with E-state index in [0.29, 0.717) is 0 Å². The summed E-state index contributed by atoms with van der Waals surface area (Å²) in [7, 11) is 0. The molecule has 0 unspecified atom stereocenters. The maximum atomic E-state index is 6.06. The highest BCUT2D eigenvalue weighted by molar-refractivity contribution is 5.85. The average molecular weight is 285 g/mol. The Hall–Kier alpha value is -3.00. The van der Waals surface area contributed by atoms with Crippen LogP contribution >= 0.6 is 0 Å². The average Bonchev–Trinajstić information content (AvgIpc) is 3.00. The zero-order valence-electron chi connectivity index (χ0n) is 12.0. The number of benzene rings is 3. The molecule has 0 spiro atoms. The SMILES string of the molecule is c1ccc(N(c2ccccc2)c2cc3ccccc3o2)cc1. The maximum absolute atomic E-state index is 6.06. The van der Waals surface area contributed by atoms with Crippen LogP contribution in [0.4, 0.5) is 17.3 Å². The van der Waals surface area contributed by atoms with E-state index in [-0.39, 0.29) is 0 Å². The summed E-state index contributed by atoms with van der Waals surface area (Å²) >= 11 is 0. The number of rotatable bonds is 3. The lowest BCUT2D eigenvalue weighted by atomic mass is 10.2. The maximum Gasteiger partial charge on any atom is 0.205 e. The summed E-state index contributed by atoms with van der Waals surface area (Å²) in [5.74, 6) is 0.818. The molecule has 0 bridgehead atoms. The van der Waals surface area contributed by atoms with Gasteiger partial charge in [-0.1, -0.05) is 54.6 Å². The Balaban J connectivity index is 1.90. The number of hydrogen-bond acceptors (Lipinski definition) is 2. The van der Waals surface area contributed by atoms with E-state index < -0.39 is 0 Å². The van der Waals surface area contributed by atoms with E-state index in [1.54, 1.807) is 0 Å². The quantitative estimate of drug-likeness (QED) is 0.465. The monoisotopic (exact) mass is 285 g/mol. The molecule has 4 rings (SSSR count). The smallest absolute Gasteiger partial charge is 0.205 e. The molecule has 1 heterocycles. The predicted molar refractivity (Wildman–Crippen MR) is 90.9 cm³/mol. The standard InChI is InChI=1S/C20H15NO/c1-3-10-17(11-4-1)21(18-12-5-2-6-13-18)20-15-16-9-7-8-14-19(16)22-20/h1-15H. The van der Waals surface area contributed by atoms with Gasteiger partial charge in [0.05, 0.1) is 0 Å². The van der Waals surface area contributed by atoms with Gasteiger partial charge in [0.2, 0.25) is 5.88 Å². The van der Waals surface area contributed by atoms with Crippen LogP contribution in [0, 0.1) is 0 Å². The van der Waals surface area contributed by atoms with Gasteiger partial charge in [0.1, 0.15) is 5.58 Å². The molecule has 0 fully saturated rings. The van der Waals surface area contributed by atoms with Crippen LogP contribution in [0.5, 0.6) is 0 Å². The summed E-state index contributed by atoms with van der Waals surface area (Å²) in [6.45, 7) is 0. The van der Waals surface area contributed by atoms with Crippen molar-refractivity contribution >= 4 is 28.2 Å². The second-order valence-electron chi connectivity index (χ2n) is 5.13. The molecule has 0 radical (unpaired) electrons. The highest BCUT2D eigenvalue weighted by atomic mass is 16.4. The first kappa shape index (κ1) is 12.7. The molecule has 0 aliphatic carbocycles. The summed E-state index contributed by atoms with van der Waals surface area (Å²) in [6.07, 6.45) is 0. The van der Waals surface area contributed by atoms with Gasteiger partial charge in [-0.15, -0.1) is 0 Å². The van der Waals surface area contributed by atoms with Gasteiger partial charge in [-0.3, -0.25) is 4.90 Å². The van der Waals surface area contributed by atoms with Crippen molar-refractivity contribution in [3.05, 3.63) is 91.0 Å². The van der Waals surface area contributed by atoms with E-state index >= 15 is 0 Å². The molecule has 3 aromatic carbocycles. The van der Waals surface area contributed by atoms with Crippen molar-refractivity contribution in [2.75, 3.05) is 4.90 Å². The first-order chi connectivity index (χ1) is 10.9. The van der Waals surface area contributed by atoms with Crippen LogP contribution in [0.3, 0.4) is 0 Å². The van der Waals surface area contributed by atoms with Crippen molar-refractivity contribution < 1.29 is 4.42 Å². The van der Waals surface area contributed by atoms with E-state index in [9.17, 15) is 0 Å². The van der Waals surface area contributed by atoms with Crippen LogP contribution in [0.25, 0.3) is 11.0 Å². The lowest BCUT2D eigenvalue weighted by molar-refractivity contribution is 0.621. The molecule has 0 aliphatic rings. The summed E-state index contributed by atoms with van der Waals surface area (Å²) in [5, 5.41) is 1.11. The fourth-order valence-electron chi connectivity index (χ4n) is 2.64. The molecule has 0 saturated carbocycles. The van der Waals surface area contributed by atoms with Crippen LogP contribution in [0.1, 0.15) is 0 Å². The first-order valence-electron chi connectivity index (χ1n) is 7.31. The van der Waals surface area contributed by atoms with Crippen molar-refractivity contribution in [2.24, 2.45) is 0 Å². The Morgan fingerprint density at radius 1 is 0.591 bits per heavy atom. The molecular formula is C20H15NO. The van der Waals surface area contributed by atoms with Gasteiger partial charge in [0, 0.05) is 22.8 Å². The van der Waals surface area contributed by atoms with Crippen molar-refractivity contribution in [3.8, 4) is 0 Å². The van der Waals surface area contributed by atoms with Crippen molar-refractivity contribution in [2.45, 2.75) is 0 Å². The van der Waals surface area contributed by atoms with Gasteiger partial charge in [0.15, 0.2) is 0 Å². The third-order valence-electron chi connectivity index (χ3n) is 3.66. The van der Waals surface area contributed by atoms with Gasteiger partial charge in [0.25, 0.3) is 0 Å². The minimum Gasteiger partial charge on any atom is -0.440 e. The van der Waals surface area contributed by atoms with E-state index in [2.05, 4.69) is 41.3 Å². The molecule has 0 aliphatic heterocycles. The van der Waals surface area contributed by atoms with Crippen molar-refractivity contribution in [3.63, 3.8) is 0 Å². The zero-order chi connectivity index (χ0) is 14.8. The van der Waals surface area contributed by atoms with Gasteiger partial charge in [-0.05, 0) is 30.3 Å². The number of nitrogens with zero attached hydrogens (tertiary/aromatic N) is 1. The molecule has 4 aromatic rings. The summed E-state index contributed by atoms with van der Waals surface area (Å²) in [5.41, 5.74) is 3.05. The predicted octanol–water partition coefficient (Wildman–Crippen LogP) is 5.90. The molecular weight excluding hydrogens is 270 g/mol. The highest BCUT2D eigenvalue weighted by Crippen LogP contribution is 2.37. The molecule has 0 saturated heterocycles. The zero-order valence-corrected chi connectivity index (χ0v) is 12.0. The van der Waals surface area contributed by atoms with Crippen LogP contribution in [0.15, 0.2) is 95.4 Å². The van der Waals surface area contributed by atoms with Gasteiger partial charge >= 0.3 is 0 Å². The Bertz CT molecular complexity index is 809. The minimum absolute atomic E-state index is 0.818. The largest absolute Gasteiger partial charge is 0.440 e. The second-order valence-corrected chi connectivity index (χ2v) is 5.13. The number of para-hydroxylation sites is 3. The van der Waals surface area contributed by atoms with Gasteiger partial charge in [-0.2, -0.15) is 0 Å².